The number of unbranched alkanes of at least 4 members (excludes halogenated alkanes) is 2. The average Bonchev–Trinajstić information content (AvgIpc) is 2.57. The van der Waals surface area contributed by atoms with Gasteiger partial charge in [-0.25, -0.2) is 0 Å². The minimum atomic E-state index is -0.0396. The number of likely N-dealkylation sites (tertiary alicyclic amines) is 1. The Balaban J connectivity index is 1.94. The first-order chi connectivity index (χ1) is 8.33. The molecule has 1 fully saturated rings. The average molecular weight is 241 g/mol. The summed E-state index contributed by atoms with van der Waals surface area (Å²) in [6.07, 6.45) is 9.47. The van der Waals surface area contributed by atoms with Crippen LogP contribution >= 0.6 is 0 Å². The van der Waals surface area contributed by atoms with Crippen LogP contribution in [0.1, 0.15) is 58.3 Å². The van der Waals surface area contributed by atoms with Crippen molar-refractivity contribution in [3.63, 3.8) is 0 Å². The Bertz CT molecular complexity index is 198. The molecule has 0 saturated carbocycles. The Kier molecular flexibility index (Phi) is 8.06. The minimum absolute atomic E-state index is 0.0396. The molecule has 3 nitrogen and oxygen atoms in total. The second-order valence-electron chi connectivity index (χ2n) is 4.87. The predicted octanol–water partition coefficient (Wildman–Crippen LogP) is 2.99. The van der Waals surface area contributed by atoms with Crippen molar-refractivity contribution in [2.24, 2.45) is 0 Å². The third-order valence-electron chi connectivity index (χ3n) is 3.36. The molecule has 0 aromatic carbocycles. The molecule has 1 rings (SSSR count). The Morgan fingerprint density at radius 3 is 2.41 bits per heavy atom. The summed E-state index contributed by atoms with van der Waals surface area (Å²) in [5.74, 6) is -0.0396. The summed E-state index contributed by atoms with van der Waals surface area (Å²) in [4.78, 5) is 13.7. The van der Waals surface area contributed by atoms with E-state index in [1.165, 1.54) is 51.7 Å². The van der Waals surface area contributed by atoms with E-state index in [2.05, 4.69) is 4.90 Å². The predicted molar refractivity (Wildman–Crippen MR) is 70.0 cm³/mol. The van der Waals surface area contributed by atoms with Crippen LogP contribution in [0.3, 0.4) is 0 Å². The fraction of sp³-hybridized carbons (Fsp3) is 0.929. The highest BCUT2D eigenvalue weighted by atomic mass is 16.5. The number of carbonyl (C=O) groups is 1. The Labute approximate surface area is 106 Å². The SMILES string of the molecule is CCOC(=O)CCCCCN1CCCCCC1. The molecule has 0 aromatic rings. The summed E-state index contributed by atoms with van der Waals surface area (Å²) >= 11 is 0. The highest BCUT2D eigenvalue weighted by Gasteiger charge is 2.08. The lowest BCUT2D eigenvalue weighted by molar-refractivity contribution is -0.143. The van der Waals surface area contributed by atoms with Gasteiger partial charge in [0.05, 0.1) is 6.61 Å². The Morgan fingerprint density at radius 1 is 1.06 bits per heavy atom. The molecule has 100 valence electrons. The van der Waals surface area contributed by atoms with Gasteiger partial charge in [-0.1, -0.05) is 19.3 Å². The summed E-state index contributed by atoms with van der Waals surface area (Å²) in [6.45, 7) is 6.13. The van der Waals surface area contributed by atoms with E-state index < -0.39 is 0 Å². The molecule has 1 heterocycles. The van der Waals surface area contributed by atoms with Crippen LogP contribution in [0.15, 0.2) is 0 Å². The van der Waals surface area contributed by atoms with Crippen molar-refractivity contribution >= 4 is 5.97 Å². The maximum atomic E-state index is 11.1. The van der Waals surface area contributed by atoms with Gasteiger partial charge in [0.2, 0.25) is 0 Å². The van der Waals surface area contributed by atoms with Gasteiger partial charge in [-0.3, -0.25) is 4.79 Å². The quantitative estimate of drug-likeness (QED) is 0.507. The van der Waals surface area contributed by atoms with Crippen LogP contribution < -0.4 is 0 Å². The molecule has 17 heavy (non-hydrogen) atoms. The van der Waals surface area contributed by atoms with Gasteiger partial charge in [-0.05, 0) is 52.2 Å². The third kappa shape index (κ3) is 7.37. The zero-order valence-corrected chi connectivity index (χ0v) is 11.2. The summed E-state index contributed by atoms with van der Waals surface area (Å²) in [7, 11) is 0. The lowest BCUT2D eigenvalue weighted by Crippen LogP contribution is -2.25. The first kappa shape index (κ1) is 14.5. The second kappa shape index (κ2) is 9.46. The third-order valence-corrected chi connectivity index (χ3v) is 3.36. The highest BCUT2D eigenvalue weighted by Crippen LogP contribution is 2.11. The van der Waals surface area contributed by atoms with Crippen LogP contribution in [0.2, 0.25) is 0 Å². The van der Waals surface area contributed by atoms with Gasteiger partial charge < -0.3 is 9.64 Å². The second-order valence-corrected chi connectivity index (χ2v) is 4.87. The Hall–Kier alpha value is -0.570. The first-order valence-electron chi connectivity index (χ1n) is 7.21. The van der Waals surface area contributed by atoms with E-state index in [1.54, 1.807) is 0 Å². The monoisotopic (exact) mass is 241 g/mol. The van der Waals surface area contributed by atoms with Crippen molar-refractivity contribution < 1.29 is 9.53 Å². The van der Waals surface area contributed by atoms with Gasteiger partial charge in [0.1, 0.15) is 0 Å². The van der Waals surface area contributed by atoms with Crippen molar-refractivity contribution in [1.29, 1.82) is 0 Å². The van der Waals surface area contributed by atoms with E-state index in [1.807, 2.05) is 6.92 Å². The summed E-state index contributed by atoms with van der Waals surface area (Å²) in [5.41, 5.74) is 0. The van der Waals surface area contributed by atoms with Crippen LogP contribution in [-0.4, -0.2) is 37.1 Å². The molecular weight excluding hydrogens is 214 g/mol. The van der Waals surface area contributed by atoms with Crippen molar-refractivity contribution in [2.45, 2.75) is 58.3 Å². The van der Waals surface area contributed by atoms with Gasteiger partial charge >= 0.3 is 5.97 Å². The number of esters is 1. The standard InChI is InChI=1S/C14H27NO2/c1-2-17-14(16)10-6-5-9-13-15-11-7-3-4-8-12-15/h2-13H2,1H3. The molecule has 0 amide bonds. The first-order valence-corrected chi connectivity index (χ1v) is 7.21. The fourth-order valence-electron chi connectivity index (χ4n) is 2.37. The molecule has 0 radical (unpaired) electrons. The molecule has 0 unspecified atom stereocenters. The van der Waals surface area contributed by atoms with Crippen molar-refractivity contribution in [3.8, 4) is 0 Å². The molecule has 0 aliphatic carbocycles. The van der Waals surface area contributed by atoms with E-state index in [0.29, 0.717) is 13.0 Å². The number of ether oxygens (including phenoxy) is 1. The van der Waals surface area contributed by atoms with E-state index in [4.69, 9.17) is 4.74 Å². The molecule has 1 aliphatic rings. The molecule has 3 heteroatoms. The number of carbonyl (C=O) groups excluding carboxylic acids is 1. The number of nitrogens with zero attached hydrogens (tertiary/aromatic N) is 1. The molecule has 0 aromatic heterocycles. The molecule has 1 saturated heterocycles. The van der Waals surface area contributed by atoms with Crippen LogP contribution in [0.25, 0.3) is 0 Å². The maximum Gasteiger partial charge on any atom is 0.305 e. The highest BCUT2D eigenvalue weighted by molar-refractivity contribution is 5.69. The lowest BCUT2D eigenvalue weighted by Gasteiger charge is -2.19. The molecular formula is C14H27NO2. The lowest BCUT2D eigenvalue weighted by atomic mass is 10.2. The van der Waals surface area contributed by atoms with Gasteiger partial charge in [0.25, 0.3) is 0 Å². The summed E-state index contributed by atoms with van der Waals surface area (Å²) in [5, 5.41) is 0. The van der Waals surface area contributed by atoms with Gasteiger partial charge in [-0.2, -0.15) is 0 Å². The topological polar surface area (TPSA) is 29.5 Å². The molecule has 0 bridgehead atoms. The van der Waals surface area contributed by atoms with Crippen molar-refractivity contribution in [2.75, 3.05) is 26.2 Å². The number of hydrogen-bond donors (Lipinski definition) is 0. The smallest absolute Gasteiger partial charge is 0.305 e. The number of rotatable bonds is 7. The van der Waals surface area contributed by atoms with Crippen LogP contribution in [0, 0.1) is 0 Å². The van der Waals surface area contributed by atoms with E-state index in [0.717, 1.165) is 12.8 Å². The van der Waals surface area contributed by atoms with E-state index in [9.17, 15) is 4.79 Å². The fourth-order valence-corrected chi connectivity index (χ4v) is 2.37. The van der Waals surface area contributed by atoms with Gasteiger partial charge in [0.15, 0.2) is 0 Å². The zero-order valence-electron chi connectivity index (χ0n) is 11.2. The van der Waals surface area contributed by atoms with Crippen molar-refractivity contribution in [3.05, 3.63) is 0 Å². The van der Waals surface area contributed by atoms with E-state index >= 15 is 0 Å². The van der Waals surface area contributed by atoms with Crippen LogP contribution in [0.5, 0.6) is 0 Å². The zero-order chi connectivity index (χ0) is 12.3. The Morgan fingerprint density at radius 2 is 1.76 bits per heavy atom. The van der Waals surface area contributed by atoms with Gasteiger partial charge in [-0.15, -0.1) is 0 Å². The van der Waals surface area contributed by atoms with Gasteiger partial charge in [0, 0.05) is 6.42 Å². The molecule has 0 atom stereocenters. The molecule has 0 N–H and O–H groups in total. The van der Waals surface area contributed by atoms with Crippen LogP contribution in [0.4, 0.5) is 0 Å². The maximum absolute atomic E-state index is 11.1. The largest absolute Gasteiger partial charge is 0.466 e. The normalized spacial score (nSPS) is 17.7. The summed E-state index contributed by atoms with van der Waals surface area (Å²) in [6, 6.07) is 0. The molecule has 0 spiro atoms. The summed E-state index contributed by atoms with van der Waals surface area (Å²) < 4.78 is 4.91. The van der Waals surface area contributed by atoms with Crippen molar-refractivity contribution in [1.82, 2.24) is 4.90 Å². The van der Waals surface area contributed by atoms with Crippen LogP contribution in [-0.2, 0) is 9.53 Å². The number of hydrogen-bond acceptors (Lipinski definition) is 3. The molecule has 1 aliphatic heterocycles. The minimum Gasteiger partial charge on any atom is -0.466 e. The van der Waals surface area contributed by atoms with E-state index in [-0.39, 0.29) is 5.97 Å².